The molecule has 15 heavy (non-hydrogen) atoms. The maximum Gasteiger partial charge on any atom is 0.0758 e. The van der Waals surface area contributed by atoms with Gasteiger partial charge in [0.1, 0.15) is 0 Å². The Kier molecular flexibility index (Phi) is 3.95. The number of anilines is 1. The summed E-state index contributed by atoms with van der Waals surface area (Å²) in [6, 6.07) is 0.436. The molecule has 0 amide bonds. The fourth-order valence-corrected chi connectivity index (χ4v) is 1.49. The van der Waals surface area contributed by atoms with E-state index in [1.165, 1.54) is 5.69 Å². The third kappa shape index (κ3) is 2.85. The highest BCUT2D eigenvalue weighted by atomic mass is 15.3. The van der Waals surface area contributed by atoms with Crippen LogP contribution in [0.15, 0.2) is 18.9 Å². The molecule has 0 aliphatic heterocycles. The fourth-order valence-electron chi connectivity index (χ4n) is 1.49. The molecule has 0 fully saturated rings. The third-order valence-corrected chi connectivity index (χ3v) is 3.01. The van der Waals surface area contributed by atoms with Gasteiger partial charge in [-0.05, 0) is 26.2 Å². The topological polar surface area (TPSA) is 29.9 Å². The second kappa shape index (κ2) is 5.01. The van der Waals surface area contributed by atoms with E-state index in [1.807, 2.05) is 24.0 Å². The van der Waals surface area contributed by atoms with Crippen molar-refractivity contribution in [2.75, 3.05) is 5.32 Å². The molecular weight excluding hydrogens is 186 g/mol. The van der Waals surface area contributed by atoms with Crippen LogP contribution in [0, 0.1) is 12.8 Å². The van der Waals surface area contributed by atoms with E-state index in [2.05, 4.69) is 37.8 Å². The summed E-state index contributed by atoms with van der Waals surface area (Å²) in [5, 5.41) is 7.69. The minimum Gasteiger partial charge on any atom is -0.380 e. The van der Waals surface area contributed by atoms with E-state index in [4.69, 9.17) is 0 Å². The van der Waals surface area contributed by atoms with Crippen LogP contribution < -0.4 is 5.32 Å². The standard InChI is InChI=1S/C12H21N3/c1-6-7-9(2)10(3)14-12-8-13-15(5)11(12)4/h6,8-10,14H,1,7H2,2-5H3. The summed E-state index contributed by atoms with van der Waals surface area (Å²) in [4.78, 5) is 0. The number of aromatic nitrogens is 2. The van der Waals surface area contributed by atoms with E-state index in [0.29, 0.717) is 12.0 Å². The average molecular weight is 207 g/mol. The smallest absolute Gasteiger partial charge is 0.0758 e. The normalized spacial score (nSPS) is 14.7. The highest BCUT2D eigenvalue weighted by Crippen LogP contribution is 2.18. The molecule has 2 atom stereocenters. The van der Waals surface area contributed by atoms with E-state index in [1.54, 1.807) is 0 Å². The first-order chi connectivity index (χ1) is 7.06. The molecule has 0 aromatic carbocycles. The van der Waals surface area contributed by atoms with Gasteiger partial charge >= 0.3 is 0 Å². The Balaban J connectivity index is 2.61. The van der Waals surface area contributed by atoms with Gasteiger partial charge in [-0.1, -0.05) is 13.0 Å². The Morgan fingerprint density at radius 3 is 2.73 bits per heavy atom. The highest BCUT2D eigenvalue weighted by Gasteiger charge is 2.12. The van der Waals surface area contributed by atoms with Gasteiger partial charge in [0.15, 0.2) is 0 Å². The van der Waals surface area contributed by atoms with Gasteiger partial charge in [-0.3, -0.25) is 4.68 Å². The molecule has 3 heteroatoms. The van der Waals surface area contributed by atoms with Crippen molar-refractivity contribution < 1.29 is 0 Å². The first-order valence-corrected chi connectivity index (χ1v) is 5.42. The second-order valence-corrected chi connectivity index (χ2v) is 4.20. The molecule has 84 valence electrons. The van der Waals surface area contributed by atoms with Gasteiger partial charge in [-0.2, -0.15) is 5.10 Å². The summed E-state index contributed by atoms with van der Waals surface area (Å²) in [6.45, 7) is 10.3. The molecule has 1 rings (SSSR count). The van der Waals surface area contributed by atoms with Crippen LogP contribution in [0.4, 0.5) is 5.69 Å². The zero-order chi connectivity index (χ0) is 11.4. The van der Waals surface area contributed by atoms with Gasteiger partial charge in [-0.15, -0.1) is 6.58 Å². The van der Waals surface area contributed by atoms with Crippen LogP contribution in [0.2, 0.25) is 0 Å². The minimum absolute atomic E-state index is 0.436. The Morgan fingerprint density at radius 1 is 1.60 bits per heavy atom. The lowest BCUT2D eigenvalue weighted by Gasteiger charge is -2.20. The summed E-state index contributed by atoms with van der Waals surface area (Å²) in [5.41, 5.74) is 2.30. The largest absolute Gasteiger partial charge is 0.380 e. The molecule has 3 nitrogen and oxygen atoms in total. The van der Waals surface area contributed by atoms with Crippen molar-refractivity contribution in [2.45, 2.75) is 33.2 Å². The molecule has 2 unspecified atom stereocenters. The Bertz CT molecular complexity index is 328. The number of hydrogen-bond donors (Lipinski definition) is 1. The van der Waals surface area contributed by atoms with Crippen LogP contribution in [0.1, 0.15) is 26.0 Å². The van der Waals surface area contributed by atoms with Crippen molar-refractivity contribution >= 4 is 5.69 Å². The van der Waals surface area contributed by atoms with Crippen molar-refractivity contribution in [1.82, 2.24) is 9.78 Å². The molecular formula is C12H21N3. The lowest BCUT2D eigenvalue weighted by atomic mass is 10.00. The summed E-state index contributed by atoms with van der Waals surface area (Å²) in [7, 11) is 1.96. The van der Waals surface area contributed by atoms with E-state index in [-0.39, 0.29) is 0 Å². The molecule has 0 aliphatic carbocycles. The van der Waals surface area contributed by atoms with Crippen LogP contribution in [0.5, 0.6) is 0 Å². The van der Waals surface area contributed by atoms with Gasteiger partial charge in [0.25, 0.3) is 0 Å². The van der Waals surface area contributed by atoms with Crippen molar-refractivity contribution in [3.63, 3.8) is 0 Å². The molecule has 0 spiro atoms. The van der Waals surface area contributed by atoms with Gasteiger partial charge in [0.2, 0.25) is 0 Å². The van der Waals surface area contributed by atoms with Gasteiger partial charge in [-0.25, -0.2) is 0 Å². The van der Waals surface area contributed by atoms with Crippen molar-refractivity contribution in [3.8, 4) is 0 Å². The highest BCUT2D eigenvalue weighted by molar-refractivity contribution is 5.46. The van der Waals surface area contributed by atoms with E-state index >= 15 is 0 Å². The number of nitrogens with one attached hydrogen (secondary N) is 1. The molecule has 1 aromatic rings. The zero-order valence-electron chi connectivity index (χ0n) is 10.1. The predicted molar refractivity (Wildman–Crippen MR) is 65.0 cm³/mol. The van der Waals surface area contributed by atoms with Crippen LogP contribution in [-0.4, -0.2) is 15.8 Å². The quantitative estimate of drug-likeness (QED) is 0.752. The van der Waals surface area contributed by atoms with E-state index in [9.17, 15) is 0 Å². The molecule has 0 saturated heterocycles. The number of aryl methyl sites for hydroxylation is 1. The lowest BCUT2D eigenvalue weighted by Crippen LogP contribution is -2.23. The lowest BCUT2D eigenvalue weighted by molar-refractivity contribution is 0.517. The minimum atomic E-state index is 0.436. The number of rotatable bonds is 5. The molecule has 0 aliphatic rings. The van der Waals surface area contributed by atoms with Gasteiger partial charge in [0.05, 0.1) is 17.6 Å². The first-order valence-electron chi connectivity index (χ1n) is 5.42. The Morgan fingerprint density at radius 2 is 2.27 bits per heavy atom. The molecule has 1 N–H and O–H groups in total. The maximum absolute atomic E-state index is 4.21. The number of hydrogen-bond acceptors (Lipinski definition) is 2. The van der Waals surface area contributed by atoms with Crippen LogP contribution in [0.3, 0.4) is 0 Å². The van der Waals surface area contributed by atoms with Crippen molar-refractivity contribution in [1.29, 1.82) is 0 Å². The van der Waals surface area contributed by atoms with E-state index < -0.39 is 0 Å². The van der Waals surface area contributed by atoms with Crippen LogP contribution in [-0.2, 0) is 7.05 Å². The van der Waals surface area contributed by atoms with Crippen LogP contribution in [0.25, 0.3) is 0 Å². The van der Waals surface area contributed by atoms with Crippen LogP contribution >= 0.6 is 0 Å². The summed E-state index contributed by atoms with van der Waals surface area (Å²) < 4.78 is 1.88. The Hall–Kier alpha value is -1.25. The molecule has 1 aromatic heterocycles. The Labute approximate surface area is 92.2 Å². The summed E-state index contributed by atoms with van der Waals surface area (Å²) >= 11 is 0. The molecule has 0 radical (unpaired) electrons. The SMILES string of the molecule is C=CCC(C)C(C)Nc1cnn(C)c1C. The number of nitrogens with zero attached hydrogens (tertiary/aromatic N) is 2. The zero-order valence-corrected chi connectivity index (χ0v) is 10.1. The monoisotopic (exact) mass is 207 g/mol. The summed E-state index contributed by atoms with van der Waals surface area (Å²) in [5.74, 6) is 0.585. The second-order valence-electron chi connectivity index (χ2n) is 4.20. The van der Waals surface area contributed by atoms with Gasteiger partial charge < -0.3 is 5.32 Å². The summed E-state index contributed by atoms with van der Waals surface area (Å²) in [6.07, 6.45) is 4.89. The molecule has 1 heterocycles. The first kappa shape index (κ1) is 11.8. The predicted octanol–water partition coefficient (Wildman–Crippen LogP) is 2.74. The average Bonchev–Trinajstić information content (AvgIpc) is 2.50. The van der Waals surface area contributed by atoms with E-state index in [0.717, 1.165) is 12.1 Å². The van der Waals surface area contributed by atoms with Gasteiger partial charge in [0, 0.05) is 13.1 Å². The van der Waals surface area contributed by atoms with Crippen molar-refractivity contribution in [2.24, 2.45) is 13.0 Å². The number of allylic oxidation sites excluding steroid dienone is 1. The molecule has 0 saturated carbocycles. The third-order valence-electron chi connectivity index (χ3n) is 3.01. The fraction of sp³-hybridized carbons (Fsp3) is 0.583. The maximum atomic E-state index is 4.21. The molecule has 0 bridgehead atoms. The van der Waals surface area contributed by atoms with Crippen molar-refractivity contribution in [3.05, 3.63) is 24.5 Å².